The lowest BCUT2D eigenvalue weighted by Crippen LogP contribution is -2.09. The SMILES string of the molecule is CC.CC.CC.Cc1ccccc1OCNc1ccc(Cc2ccccc2)cc1. The first-order chi connectivity index (χ1) is 14.3. The second-order valence-corrected chi connectivity index (χ2v) is 5.59. The van der Waals surface area contributed by atoms with E-state index in [9.17, 15) is 0 Å². The van der Waals surface area contributed by atoms with Gasteiger partial charge in [0.15, 0.2) is 6.73 Å². The molecule has 3 aromatic rings. The minimum atomic E-state index is 0.461. The predicted molar refractivity (Wildman–Crippen MR) is 130 cm³/mol. The Kier molecular flexibility index (Phi) is 15.7. The molecule has 0 saturated carbocycles. The van der Waals surface area contributed by atoms with Crippen LogP contribution in [-0.2, 0) is 6.42 Å². The Morgan fingerprint density at radius 3 is 1.72 bits per heavy atom. The van der Waals surface area contributed by atoms with Crippen LogP contribution in [0.2, 0.25) is 0 Å². The predicted octanol–water partition coefficient (Wildman–Crippen LogP) is 8.11. The van der Waals surface area contributed by atoms with E-state index in [1.165, 1.54) is 11.1 Å². The van der Waals surface area contributed by atoms with Gasteiger partial charge in [-0.2, -0.15) is 0 Å². The number of ether oxygens (including phenoxy) is 1. The van der Waals surface area contributed by atoms with E-state index in [0.717, 1.165) is 23.4 Å². The lowest BCUT2D eigenvalue weighted by Gasteiger charge is -2.11. The van der Waals surface area contributed by atoms with E-state index in [2.05, 4.69) is 53.8 Å². The third-order valence-corrected chi connectivity index (χ3v) is 3.80. The maximum absolute atomic E-state index is 5.76. The number of rotatable bonds is 6. The molecule has 0 aliphatic rings. The van der Waals surface area contributed by atoms with Crippen molar-refractivity contribution in [2.75, 3.05) is 12.0 Å². The van der Waals surface area contributed by atoms with Crippen LogP contribution in [0.4, 0.5) is 5.69 Å². The number of hydrogen-bond acceptors (Lipinski definition) is 2. The third kappa shape index (κ3) is 10.4. The Balaban J connectivity index is 0.00000120. The minimum absolute atomic E-state index is 0.461. The van der Waals surface area contributed by atoms with Crippen LogP contribution >= 0.6 is 0 Å². The molecule has 0 amide bonds. The van der Waals surface area contributed by atoms with Gasteiger partial charge >= 0.3 is 0 Å². The summed E-state index contributed by atoms with van der Waals surface area (Å²) in [6, 6.07) is 27.1. The number of anilines is 1. The highest BCUT2D eigenvalue weighted by molar-refractivity contribution is 5.45. The van der Waals surface area contributed by atoms with Gasteiger partial charge in [0.1, 0.15) is 5.75 Å². The minimum Gasteiger partial charge on any atom is -0.473 e. The number of aryl methyl sites for hydroxylation is 1. The molecule has 2 nitrogen and oxygen atoms in total. The Labute approximate surface area is 179 Å². The van der Waals surface area contributed by atoms with Crippen molar-refractivity contribution in [1.82, 2.24) is 0 Å². The molecule has 0 saturated heterocycles. The molecule has 0 bridgehead atoms. The molecule has 158 valence electrons. The molecule has 0 spiro atoms. The first-order valence-corrected chi connectivity index (χ1v) is 10.9. The van der Waals surface area contributed by atoms with Gasteiger partial charge in [0.05, 0.1) is 0 Å². The molecule has 3 rings (SSSR count). The molecule has 0 radical (unpaired) electrons. The highest BCUT2D eigenvalue weighted by Gasteiger charge is 1.99. The Bertz CT molecular complexity index is 736. The van der Waals surface area contributed by atoms with Gasteiger partial charge in [-0.15, -0.1) is 0 Å². The molecule has 3 aromatic carbocycles. The first kappa shape index (κ1) is 26.3. The molecule has 0 aromatic heterocycles. The Morgan fingerprint density at radius 2 is 1.14 bits per heavy atom. The van der Waals surface area contributed by atoms with Crippen LogP contribution in [0.5, 0.6) is 5.75 Å². The van der Waals surface area contributed by atoms with Crippen molar-refractivity contribution in [3.8, 4) is 5.75 Å². The van der Waals surface area contributed by atoms with Gasteiger partial charge in [-0.1, -0.05) is 102 Å². The molecule has 0 heterocycles. The van der Waals surface area contributed by atoms with E-state index in [1.807, 2.05) is 78.8 Å². The third-order valence-electron chi connectivity index (χ3n) is 3.80. The fourth-order valence-corrected chi connectivity index (χ4v) is 2.49. The highest BCUT2D eigenvalue weighted by atomic mass is 16.5. The van der Waals surface area contributed by atoms with Crippen LogP contribution in [0, 0.1) is 6.92 Å². The van der Waals surface area contributed by atoms with Crippen LogP contribution in [0.1, 0.15) is 58.2 Å². The fourth-order valence-electron chi connectivity index (χ4n) is 2.49. The summed E-state index contributed by atoms with van der Waals surface area (Å²) >= 11 is 0. The molecule has 29 heavy (non-hydrogen) atoms. The van der Waals surface area contributed by atoms with Gasteiger partial charge in [-0.05, 0) is 48.2 Å². The van der Waals surface area contributed by atoms with Crippen molar-refractivity contribution in [3.05, 3.63) is 95.6 Å². The zero-order chi connectivity index (χ0) is 21.9. The van der Waals surface area contributed by atoms with Crippen molar-refractivity contribution in [1.29, 1.82) is 0 Å². The van der Waals surface area contributed by atoms with E-state index >= 15 is 0 Å². The van der Waals surface area contributed by atoms with Crippen molar-refractivity contribution >= 4 is 5.69 Å². The Morgan fingerprint density at radius 1 is 0.621 bits per heavy atom. The van der Waals surface area contributed by atoms with Crippen molar-refractivity contribution in [2.24, 2.45) is 0 Å². The van der Waals surface area contributed by atoms with Crippen LogP contribution in [0.3, 0.4) is 0 Å². The first-order valence-electron chi connectivity index (χ1n) is 10.9. The largest absolute Gasteiger partial charge is 0.473 e. The second-order valence-electron chi connectivity index (χ2n) is 5.59. The topological polar surface area (TPSA) is 21.3 Å². The van der Waals surface area contributed by atoms with Crippen molar-refractivity contribution in [3.63, 3.8) is 0 Å². The van der Waals surface area contributed by atoms with Crippen LogP contribution in [0.25, 0.3) is 0 Å². The van der Waals surface area contributed by atoms with Crippen LogP contribution < -0.4 is 10.1 Å². The summed E-state index contributed by atoms with van der Waals surface area (Å²) in [6.07, 6.45) is 0.959. The molecule has 0 aliphatic heterocycles. The summed E-state index contributed by atoms with van der Waals surface area (Å²) in [4.78, 5) is 0. The monoisotopic (exact) mass is 393 g/mol. The summed E-state index contributed by atoms with van der Waals surface area (Å²) in [5.41, 5.74) is 4.85. The van der Waals surface area contributed by atoms with Crippen molar-refractivity contribution < 1.29 is 4.74 Å². The number of benzene rings is 3. The lowest BCUT2D eigenvalue weighted by atomic mass is 10.1. The van der Waals surface area contributed by atoms with E-state index in [-0.39, 0.29) is 0 Å². The summed E-state index contributed by atoms with van der Waals surface area (Å²) in [5, 5.41) is 3.29. The number of hydrogen-bond donors (Lipinski definition) is 1. The quantitative estimate of drug-likeness (QED) is 0.427. The van der Waals surface area contributed by atoms with Gasteiger partial charge in [-0.25, -0.2) is 0 Å². The van der Waals surface area contributed by atoms with Gasteiger partial charge in [0, 0.05) is 5.69 Å². The average molecular weight is 394 g/mol. The second kappa shape index (κ2) is 17.4. The number of nitrogens with one attached hydrogen (secondary N) is 1. The molecule has 0 aliphatic carbocycles. The smallest absolute Gasteiger partial charge is 0.159 e. The summed E-state index contributed by atoms with van der Waals surface area (Å²) in [7, 11) is 0. The summed E-state index contributed by atoms with van der Waals surface area (Å²) < 4.78 is 5.76. The standard InChI is InChI=1S/C21H21NO.3C2H6/c1-17-7-5-6-10-21(17)23-16-22-20-13-11-19(12-14-20)15-18-8-3-2-4-9-18;3*1-2/h2-14,22H,15-16H2,1H3;3*1-2H3. The lowest BCUT2D eigenvalue weighted by molar-refractivity contribution is 0.344. The van der Waals surface area contributed by atoms with Gasteiger partial charge in [0.25, 0.3) is 0 Å². The molecule has 2 heteroatoms. The van der Waals surface area contributed by atoms with Crippen LogP contribution in [0.15, 0.2) is 78.9 Å². The van der Waals surface area contributed by atoms with Gasteiger partial charge < -0.3 is 10.1 Å². The average Bonchev–Trinajstić information content (AvgIpc) is 2.81. The number of para-hydroxylation sites is 1. The van der Waals surface area contributed by atoms with Gasteiger partial charge in [0.2, 0.25) is 0 Å². The molecular weight excluding hydrogens is 354 g/mol. The van der Waals surface area contributed by atoms with E-state index in [1.54, 1.807) is 0 Å². The van der Waals surface area contributed by atoms with Gasteiger partial charge in [-0.3, -0.25) is 0 Å². The maximum Gasteiger partial charge on any atom is 0.159 e. The normalized spacial score (nSPS) is 8.79. The van der Waals surface area contributed by atoms with Crippen molar-refractivity contribution in [2.45, 2.75) is 54.9 Å². The highest BCUT2D eigenvalue weighted by Crippen LogP contribution is 2.17. The molecule has 0 atom stereocenters. The molecule has 0 unspecified atom stereocenters. The molecule has 0 fully saturated rings. The zero-order valence-electron chi connectivity index (χ0n) is 19.3. The summed E-state index contributed by atoms with van der Waals surface area (Å²) in [5.74, 6) is 0.917. The van der Waals surface area contributed by atoms with E-state index in [0.29, 0.717) is 6.73 Å². The van der Waals surface area contributed by atoms with E-state index in [4.69, 9.17) is 4.74 Å². The molecule has 1 N–H and O–H groups in total. The Hall–Kier alpha value is -2.74. The zero-order valence-corrected chi connectivity index (χ0v) is 19.3. The maximum atomic E-state index is 5.76. The fraction of sp³-hybridized carbons (Fsp3) is 0.333. The summed E-state index contributed by atoms with van der Waals surface area (Å²) in [6.45, 7) is 14.5. The molecular formula is C27H39NO. The van der Waals surface area contributed by atoms with Crippen LogP contribution in [-0.4, -0.2) is 6.73 Å². The van der Waals surface area contributed by atoms with E-state index < -0.39 is 0 Å².